The third-order valence-electron chi connectivity index (χ3n) is 3.30. The maximum atomic E-state index is 12.0. The minimum Gasteiger partial charge on any atom is -0.384 e. The molecular formula is C14H21N5OS2. The Morgan fingerprint density at radius 2 is 2.09 bits per heavy atom. The smallest absolute Gasteiger partial charge is 0.246 e. The van der Waals surface area contributed by atoms with Gasteiger partial charge in [-0.3, -0.25) is 4.79 Å². The Labute approximate surface area is 139 Å². The summed E-state index contributed by atoms with van der Waals surface area (Å²) in [6.07, 6.45) is 5.45. The van der Waals surface area contributed by atoms with Gasteiger partial charge < -0.3 is 15.5 Å². The number of aromatic nitrogens is 2. The number of likely N-dealkylation sites (N-methyl/N-ethyl adjacent to an activating group) is 1. The summed E-state index contributed by atoms with van der Waals surface area (Å²) in [5.41, 5.74) is 5.74. The van der Waals surface area contributed by atoms with Gasteiger partial charge in [-0.25, -0.2) is 9.97 Å². The fourth-order valence-electron chi connectivity index (χ4n) is 1.99. The zero-order valence-corrected chi connectivity index (χ0v) is 14.5. The van der Waals surface area contributed by atoms with Crippen LogP contribution in [-0.2, 0) is 4.79 Å². The first-order chi connectivity index (χ1) is 10.6. The van der Waals surface area contributed by atoms with Gasteiger partial charge in [-0.1, -0.05) is 17.8 Å². The average Bonchev–Trinajstić information content (AvgIpc) is 2.51. The summed E-state index contributed by atoms with van der Waals surface area (Å²) in [7, 11) is 2.07. The third-order valence-corrected chi connectivity index (χ3v) is 4.72. The van der Waals surface area contributed by atoms with Crippen molar-refractivity contribution in [1.82, 2.24) is 19.8 Å². The van der Waals surface area contributed by atoms with Gasteiger partial charge in [0, 0.05) is 38.0 Å². The fourth-order valence-corrected chi connectivity index (χ4v) is 3.14. The van der Waals surface area contributed by atoms with Crippen molar-refractivity contribution in [3.05, 3.63) is 18.2 Å². The van der Waals surface area contributed by atoms with Crippen molar-refractivity contribution < 1.29 is 4.79 Å². The minimum atomic E-state index is 0.0759. The molecule has 0 saturated carbocycles. The number of rotatable bonds is 5. The van der Waals surface area contributed by atoms with Crippen molar-refractivity contribution in [2.24, 2.45) is 0 Å². The molecule has 0 unspecified atom stereocenters. The maximum Gasteiger partial charge on any atom is 0.246 e. The Hall–Kier alpha value is -1.25. The van der Waals surface area contributed by atoms with Gasteiger partial charge in [-0.05, 0) is 19.4 Å². The predicted molar refractivity (Wildman–Crippen MR) is 92.2 cm³/mol. The summed E-state index contributed by atoms with van der Waals surface area (Å²) in [5, 5.41) is 1.49. The average molecular weight is 339 g/mol. The molecule has 1 aliphatic heterocycles. The van der Waals surface area contributed by atoms with Crippen LogP contribution in [0, 0.1) is 0 Å². The molecule has 6 nitrogen and oxygen atoms in total. The number of nitrogens with two attached hydrogens (primary N) is 1. The van der Waals surface area contributed by atoms with Crippen LogP contribution in [0.15, 0.2) is 28.4 Å². The van der Waals surface area contributed by atoms with E-state index in [0.717, 1.165) is 31.2 Å². The summed E-state index contributed by atoms with van der Waals surface area (Å²) in [6, 6.07) is 1.75. The van der Waals surface area contributed by atoms with Crippen LogP contribution >= 0.6 is 23.5 Å². The van der Waals surface area contributed by atoms with Crippen molar-refractivity contribution >= 4 is 35.2 Å². The Morgan fingerprint density at radius 3 is 2.77 bits per heavy atom. The summed E-state index contributed by atoms with van der Waals surface area (Å²) in [5.74, 6) is 1.20. The number of anilines is 1. The molecule has 120 valence electrons. The lowest BCUT2D eigenvalue weighted by Gasteiger charge is -2.31. The standard InChI is InChI=1S/C14H21N5OS2/c1-18-5-7-19(8-6-18)13(20)4-3-9-22-14-16-11(15)10-12(17-14)21-2/h3-4,10H,5-9H2,1-2H3,(H2,15,16,17). The highest BCUT2D eigenvalue weighted by molar-refractivity contribution is 7.99. The molecule has 2 rings (SSSR count). The van der Waals surface area contributed by atoms with Crippen molar-refractivity contribution in [2.75, 3.05) is 51.0 Å². The Bertz CT molecular complexity index is 544. The van der Waals surface area contributed by atoms with Gasteiger partial charge in [-0.15, -0.1) is 11.8 Å². The topological polar surface area (TPSA) is 75.3 Å². The molecule has 1 saturated heterocycles. The Balaban J connectivity index is 1.80. The van der Waals surface area contributed by atoms with Crippen LogP contribution in [0.4, 0.5) is 5.82 Å². The number of hydrogen-bond acceptors (Lipinski definition) is 7. The van der Waals surface area contributed by atoms with Crippen molar-refractivity contribution in [3.63, 3.8) is 0 Å². The third kappa shape index (κ3) is 5.19. The van der Waals surface area contributed by atoms with Gasteiger partial charge >= 0.3 is 0 Å². The van der Waals surface area contributed by atoms with E-state index >= 15 is 0 Å². The lowest BCUT2D eigenvalue weighted by atomic mass is 10.3. The number of carbonyl (C=O) groups is 1. The van der Waals surface area contributed by atoms with Crippen LogP contribution < -0.4 is 5.73 Å². The lowest BCUT2D eigenvalue weighted by Crippen LogP contribution is -2.46. The van der Waals surface area contributed by atoms with Crippen LogP contribution in [0.1, 0.15) is 0 Å². The molecule has 2 N–H and O–H groups in total. The quantitative estimate of drug-likeness (QED) is 0.374. The van der Waals surface area contributed by atoms with E-state index < -0.39 is 0 Å². The second-order valence-corrected chi connectivity index (χ2v) is 6.77. The van der Waals surface area contributed by atoms with Gasteiger partial charge in [0.2, 0.25) is 5.91 Å². The van der Waals surface area contributed by atoms with Gasteiger partial charge in [-0.2, -0.15) is 0 Å². The van der Waals surface area contributed by atoms with Crippen LogP contribution in [-0.4, -0.2) is 70.9 Å². The number of thioether (sulfide) groups is 2. The zero-order valence-electron chi connectivity index (χ0n) is 12.9. The van der Waals surface area contributed by atoms with E-state index in [9.17, 15) is 4.79 Å². The molecule has 1 aromatic rings. The van der Waals surface area contributed by atoms with E-state index in [-0.39, 0.29) is 5.91 Å². The molecule has 1 fully saturated rings. The van der Waals surface area contributed by atoms with E-state index in [1.807, 2.05) is 17.2 Å². The van der Waals surface area contributed by atoms with Crippen LogP contribution in [0.3, 0.4) is 0 Å². The number of piperazine rings is 1. The number of nitrogens with zero attached hydrogens (tertiary/aromatic N) is 4. The van der Waals surface area contributed by atoms with E-state index in [0.29, 0.717) is 16.7 Å². The number of nitrogen functional groups attached to an aromatic ring is 1. The second-order valence-electron chi connectivity index (χ2n) is 4.96. The van der Waals surface area contributed by atoms with Gasteiger partial charge in [0.25, 0.3) is 0 Å². The molecule has 1 aliphatic rings. The van der Waals surface area contributed by atoms with E-state index in [4.69, 9.17) is 5.73 Å². The first kappa shape index (κ1) is 17.1. The molecular weight excluding hydrogens is 318 g/mol. The molecule has 1 aromatic heterocycles. The summed E-state index contributed by atoms with van der Waals surface area (Å²) >= 11 is 3.00. The van der Waals surface area contributed by atoms with Gasteiger partial charge in [0.15, 0.2) is 5.16 Å². The van der Waals surface area contributed by atoms with Gasteiger partial charge in [0.1, 0.15) is 10.8 Å². The highest BCUT2D eigenvalue weighted by Gasteiger charge is 2.16. The Morgan fingerprint density at radius 1 is 1.36 bits per heavy atom. The number of amides is 1. The fraction of sp³-hybridized carbons (Fsp3) is 0.500. The molecule has 22 heavy (non-hydrogen) atoms. The maximum absolute atomic E-state index is 12.0. The number of hydrogen-bond donors (Lipinski definition) is 1. The number of carbonyl (C=O) groups excluding carboxylic acids is 1. The summed E-state index contributed by atoms with van der Waals surface area (Å²) in [6.45, 7) is 3.45. The van der Waals surface area contributed by atoms with Crippen LogP contribution in [0.25, 0.3) is 0 Å². The second kappa shape index (κ2) is 8.40. The largest absolute Gasteiger partial charge is 0.384 e. The first-order valence-corrected chi connectivity index (χ1v) is 9.25. The molecule has 8 heteroatoms. The molecule has 0 atom stereocenters. The summed E-state index contributed by atoms with van der Waals surface area (Å²) in [4.78, 5) is 24.7. The zero-order chi connectivity index (χ0) is 15.9. The Kier molecular flexibility index (Phi) is 6.53. The predicted octanol–water partition coefficient (Wildman–Crippen LogP) is 1.20. The van der Waals surface area contributed by atoms with E-state index in [1.165, 1.54) is 23.5 Å². The molecule has 0 bridgehead atoms. The van der Waals surface area contributed by atoms with Gasteiger partial charge in [0.05, 0.1) is 0 Å². The van der Waals surface area contributed by atoms with Crippen molar-refractivity contribution in [2.45, 2.75) is 10.2 Å². The monoisotopic (exact) mass is 339 g/mol. The van der Waals surface area contributed by atoms with Crippen molar-refractivity contribution in [1.29, 1.82) is 0 Å². The molecule has 0 radical (unpaired) electrons. The molecule has 2 heterocycles. The molecule has 0 spiro atoms. The molecule has 0 aliphatic carbocycles. The van der Waals surface area contributed by atoms with E-state index in [1.54, 1.807) is 12.1 Å². The van der Waals surface area contributed by atoms with Crippen LogP contribution in [0.2, 0.25) is 0 Å². The normalized spacial score (nSPS) is 16.4. The minimum absolute atomic E-state index is 0.0759. The summed E-state index contributed by atoms with van der Waals surface area (Å²) < 4.78 is 0. The molecule has 1 amide bonds. The van der Waals surface area contributed by atoms with Crippen molar-refractivity contribution in [3.8, 4) is 0 Å². The molecule has 0 aromatic carbocycles. The highest BCUT2D eigenvalue weighted by atomic mass is 32.2. The first-order valence-electron chi connectivity index (χ1n) is 7.04. The van der Waals surface area contributed by atoms with E-state index in [2.05, 4.69) is 21.9 Å². The lowest BCUT2D eigenvalue weighted by molar-refractivity contribution is -0.127. The van der Waals surface area contributed by atoms with Crippen LogP contribution in [0.5, 0.6) is 0 Å². The highest BCUT2D eigenvalue weighted by Crippen LogP contribution is 2.20. The SMILES string of the molecule is CSc1cc(N)nc(SCC=CC(=O)N2CCN(C)CC2)n1.